The molecule has 0 saturated carbocycles. The molecule has 0 N–H and O–H groups in total. The molecule has 3 radical (unpaired) electrons. The molecule has 3 heteroatoms. The van der Waals surface area contributed by atoms with Crippen molar-refractivity contribution in [2.75, 3.05) is 0 Å². The van der Waals surface area contributed by atoms with Gasteiger partial charge < -0.3 is 0 Å². The summed E-state index contributed by atoms with van der Waals surface area (Å²) < 4.78 is 1.23. The number of hydrogen-bond donors (Lipinski definition) is 0. The minimum absolute atomic E-state index is 0. The predicted octanol–water partition coefficient (Wildman–Crippen LogP) is 3.91. The van der Waals surface area contributed by atoms with E-state index in [-0.39, 0.29) is 16.3 Å². The van der Waals surface area contributed by atoms with Crippen molar-refractivity contribution in [1.82, 2.24) is 0 Å². The molecular weight excluding hydrogens is 302 g/mol. The summed E-state index contributed by atoms with van der Waals surface area (Å²) in [6, 6.07) is 19.4. The Bertz CT molecular complexity index is 485. The van der Waals surface area contributed by atoms with E-state index in [4.69, 9.17) is 0 Å². The lowest BCUT2D eigenvalue weighted by Gasteiger charge is -2.23. The zero-order chi connectivity index (χ0) is 12.3. The second-order valence-electron chi connectivity index (χ2n) is 4.25. The average molecular weight is 318 g/mol. The van der Waals surface area contributed by atoms with Crippen molar-refractivity contribution in [3.63, 3.8) is 0 Å². The highest BCUT2D eigenvalue weighted by atomic mass is 79.9. The van der Waals surface area contributed by atoms with Gasteiger partial charge in [-0.3, -0.25) is 0 Å². The molecule has 1 unspecified atom stereocenters. The largest absolute Gasteiger partial charge is 0.0622 e. The molecular formula is C15H16BBrP. The summed E-state index contributed by atoms with van der Waals surface area (Å²) in [6.45, 7) is 4.61. The summed E-state index contributed by atoms with van der Waals surface area (Å²) >= 11 is 3.68. The Labute approximate surface area is 121 Å². The predicted molar refractivity (Wildman–Crippen MR) is 87.7 cm³/mol. The van der Waals surface area contributed by atoms with E-state index in [2.05, 4.69) is 84.4 Å². The number of benzene rings is 2. The Hall–Kier alpha value is -0.585. The maximum atomic E-state index is 3.68. The van der Waals surface area contributed by atoms with Gasteiger partial charge in [-0.15, -0.1) is 0 Å². The summed E-state index contributed by atoms with van der Waals surface area (Å²) in [7, 11) is -0.278. The Morgan fingerprint density at radius 2 is 1.44 bits per heavy atom. The molecule has 2 aromatic rings. The zero-order valence-corrected chi connectivity index (χ0v) is 13.2. The molecule has 2 aromatic carbocycles. The highest BCUT2D eigenvalue weighted by Crippen LogP contribution is 2.40. The van der Waals surface area contributed by atoms with E-state index in [9.17, 15) is 0 Å². The van der Waals surface area contributed by atoms with Gasteiger partial charge in [0.05, 0.1) is 0 Å². The van der Waals surface area contributed by atoms with Crippen LogP contribution in [-0.4, -0.2) is 14.1 Å². The molecule has 0 bridgehead atoms. The quantitative estimate of drug-likeness (QED) is 0.595. The monoisotopic (exact) mass is 317 g/mol. The van der Waals surface area contributed by atoms with Crippen LogP contribution in [0.5, 0.6) is 0 Å². The summed E-state index contributed by atoms with van der Waals surface area (Å²) in [6.07, 6.45) is 0. The molecule has 0 amide bonds. The van der Waals surface area contributed by atoms with E-state index in [0.29, 0.717) is 5.66 Å². The maximum Gasteiger partial charge on any atom is 0.0255 e. The first kappa shape index (κ1) is 15.5. The molecule has 18 heavy (non-hydrogen) atoms. The molecule has 2 rings (SSSR count). The second kappa shape index (κ2) is 7.11. The van der Waals surface area contributed by atoms with Crippen LogP contribution >= 0.6 is 23.9 Å². The maximum absolute atomic E-state index is 3.68. The smallest absolute Gasteiger partial charge is 0.0255 e. The molecule has 0 fully saturated rings. The fourth-order valence-electron chi connectivity index (χ4n) is 1.95. The van der Waals surface area contributed by atoms with E-state index < -0.39 is 0 Å². The first-order chi connectivity index (χ1) is 8.20. The van der Waals surface area contributed by atoms with Gasteiger partial charge in [0.15, 0.2) is 0 Å². The van der Waals surface area contributed by atoms with Crippen molar-refractivity contribution in [3.8, 4) is 0 Å². The average Bonchev–Trinajstić information content (AvgIpc) is 2.33. The van der Waals surface area contributed by atoms with Crippen LogP contribution in [0.15, 0.2) is 59.1 Å². The van der Waals surface area contributed by atoms with Crippen LogP contribution < -0.4 is 10.6 Å². The Kier molecular flexibility index (Phi) is 6.12. The van der Waals surface area contributed by atoms with Crippen LogP contribution in [0.1, 0.15) is 13.8 Å². The summed E-state index contributed by atoms with van der Waals surface area (Å²) in [5.74, 6) is 0. The van der Waals surface area contributed by atoms with Gasteiger partial charge in [0, 0.05) is 12.9 Å². The molecule has 0 heterocycles. The van der Waals surface area contributed by atoms with E-state index in [1.54, 1.807) is 0 Å². The van der Waals surface area contributed by atoms with Gasteiger partial charge in [-0.25, -0.2) is 0 Å². The first-order valence-electron chi connectivity index (χ1n) is 5.79. The number of hydrogen-bond acceptors (Lipinski definition) is 0. The van der Waals surface area contributed by atoms with Gasteiger partial charge in [-0.2, -0.15) is 0 Å². The third-order valence-corrected chi connectivity index (χ3v) is 6.46. The van der Waals surface area contributed by atoms with E-state index in [0.717, 1.165) is 0 Å². The Morgan fingerprint density at radius 3 is 2.00 bits per heavy atom. The van der Waals surface area contributed by atoms with Crippen LogP contribution in [0, 0.1) is 0 Å². The second-order valence-corrected chi connectivity index (χ2v) is 7.88. The third kappa shape index (κ3) is 3.46. The summed E-state index contributed by atoms with van der Waals surface area (Å²) in [5.41, 5.74) is 0.645. The summed E-state index contributed by atoms with van der Waals surface area (Å²) in [5, 5.41) is 2.88. The molecule has 0 aliphatic heterocycles. The van der Waals surface area contributed by atoms with Crippen molar-refractivity contribution in [2.24, 2.45) is 0 Å². The van der Waals surface area contributed by atoms with Crippen molar-refractivity contribution in [2.45, 2.75) is 19.5 Å². The summed E-state index contributed by atoms with van der Waals surface area (Å²) in [4.78, 5) is 0. The molecule has 0 spiro atoms. The Balaban J connectivity index is 0.00000162. The van der Waals surface area contributed by atoms with Gasteiger partial charge in [0.25, 0.3) is 0 Å². The van der Waals surface area contributed by atoms with Crippen LogP contribution in [0.2, 0.25) is 0 Å². The van der Waals surface area contributed by atoms with E-state index >= 15 is 0 Å². The van der Waals surface area contributed by atoms with Crippen LogP contribution in [-0.2, 0) is 0 Å². The topological polar surface area (TPSA) is 0 Å². The van der Waals surface area contributed by atoms with Crippen molar-refractivity contribution in [1.29, 1.82) is 0 Å². The lowest BCUT2D eigenvalue weighted by molar-refractivity contribution is 1.10. The van der Waals surface area contributed by atoms with Crippen molar-refractivity contribution >= 4 is 42.9 Å². The number of halogens is 1. The van der Waals surface area contributed by atoms with Gasteiger partial charge in [-0.05, 0) is 30.3 Å². The fraction of sp³-hybridized carbons (Fsp3) is 0.200. The Morgan fingerprint density at radius 1 is 0.889 bits per heavy atom. The molecule has 1 atom stereocenters. The highest BCUT2D eigenvalue weighted by Gasteiger charge is 2.19. The van der Waals surface area contributed by atoms with Gasteiger partial charge in [-0.1, -0.05) is 78.3 Å². The molecule has 0 saturated heterocycles. The highest BCUT2D eigenvalue weighted by molar-refractivity contribution is 9.10. The van der Waals surface area contributed by atoms with Gasteiger partial charge in [0.1, 0.15) is 0 Å². The van der Waals surface area contributed by atoms with Crippen LogP contribution in [0.3, 0.4) is 0 Å². The SMILES string of the molecule is CC(C)P(c1ccccc1)c1ccccc1Br.[B]. The van der Waals surface area contributed by atoms with Gasteiger partial charge in [0.2, 0.25) is 0 Å². The molecule has 0 nitrogen and oxygen atoms in total. The van der Waals surface area contributed by atoms with Crippen LogP contribution in [0.25, 0.3) is 0 Å². The first-order valence-corrected chi connectivity index (χ1v) is 7.99. The minimum atomic E-state index is -0.278. The van der Waals surface area contributed by atoms with Crippen LogP contribution in [0.4, 0.5) is 0 Å². The van der Waals surface area contributed by atoms with Gasteiger partial charge >= 0.3 is 0 Å². The number of rotatable bonds is 3. The van der Waals surface area contributed by atoms with E-state index in [1.165, 1.54) is 15.1 Å². The molecule has 0 aliphatic rings. The van der Waals surface area contributed by atoms with Crippen molar-refractivity contribution < 1.29 is 0 Å². The zero-order valence-electron chi connectivity index (χ0n) is 10.7. The molecule has 0 aliphatic carbocycles. The minimum Gasteiger partial charge on any atom is -0.0622 e. The standard InChI is InChI=1S/C15H16BrP.B/c1-12(2)17(13-8-4-3-5-9-13)15-11-7-6-10-14(15)16;/h3-12H,1-2H3;. The fourth-order valence-corrected chi connectivity index (χ4v) is 5.28. The van der Waals surface area contributed by atoms with Crippen molar-refractivity contribution in [3.05, 3.63) is 59.1 Å². The molecule has 0 aromatic heterocycles. The third-order valence-electron chi connectivity index (χ3n) is 2.66. The lowest BCUT2D eigenvalue weighted by atomic mass is 10.4. The normalized spacial score (nSPS) is 12.0. The molecule has 91 valence electrons. The van der Waals surface area contributed by atoms with E-state index in [1.807, 2.05) is 0 Å². The lowest BCUT2D eigenvalue weighted by Crippen LogP contribution is -2.18.